The molecule has 1 unspecified atom stereocenters. The fourth-order valence-corrected chi connectivity index (χ4v) is 6.84. The first-order valence-electron chi connectivity index (χ1n) is 21.2. The second kappa shape index (κ2) is 35.2. The molecule has 1 heterocycles. The Hall–Kier alpha value is -1.62. The van der Waals surface area contributed by atoms with E-state index in [1.807, 2.05) is 0 Å². The lowest BCUT2D eigenvalue weighted by molar-refractivity contribution is -0.559. The van der Waals surface area contributed by atoms with Gasteiger partial charge in [-0.3, -0.25) is 14.7 Å². The minimum Gasteiger partial charge on any atom is -0.465 e. The molecule has 1 aliphatic heterocycles. The topological polar surface area (TPSA) is 61.6 Å². The van der Waals surface area contributed by atoms with Gasteiger partial charge in [-0.05, 0) is 64.2 Å². The third kappa shape index (κ3) is 27.2. The molecule has 0 aromatic heterocycles. The third-order valence-corrected chi connectivity index (χ3v) is 9.95. The molecule has 48 heavy (non-hydrogen) atoms. The average Bonchev–Trinajstić information content (AvgIpc) is 3.47. The Bertz CT molecular complexity index is 806. The van der Waals surface area contributed by atoms with Crippen LogP contribution in [0.4, 0.5) is 0 Å². The van der Waals surface area contributed by atoms with Gasteiger partial charge in [0.15, 0.2) is 0 Å². The summed E-state index contributed by atoms with van der Waals surface area (Å²) < 4.78 is 7.93. The van der Waals surface area contributed by atoms with Crippen LogP contribution < -0.4 is 5.32 Å². The maximum atomic E-state index is 12.3. The molecule has 1 atom stereocenters. The van der Waals surface area contributed by atoms with E-state index in [-0.39, 0.29) is 12.6 Å². The van der Waals surface area contributed by atoms with Gasteiger partial charge >= 0.3 is 5.97 Å². The molecule has 0 bridgehead atoms. The molecular formula is C43H81N2O3+. The van der Waals surface area contributed by atoms with Crippen molar-refractivity contribution >= 4 is 11.8 Å². The molecule has 2 N–H and O–H groups in total. The molecule has 5 heteroatoms. The summed E-state index contributed by atoms with van der Waals surface area (Å²) in [6, 6.07) is 0.300. The standard InChI is InChI=1S/C43H80N2O3/c1-3-5-7-9-11-13-15-17-19-21-22-24-26-28-30-32-34-42-44-40-41(45(42)37-38-46)36-39-48-43(47)35-33-31-29-27-25-23-20-18-16-14-12-10-8-6-4-2/h17-20,41,46H,3-16,21-40H2,1-2H3/p+1/b19-17-,20-18-. The highest BCUT2D eigenvalue weighted by Crippen LogP contribution is 2.14. The normalized spacial score (nSPS) is 14.9. The lowest BCUT2D eigenvalue weighted by atomic mass is 10.1. The van der Waals surface area contributed by atoms with Crippen LogP contribution in [-0.2, 0) is 9.53 Å². The number of carbonyl (C=O) groups excluding carboxylic acids is 1. The number of rotatable bonds is 36. The maximum Gasteiger partial charge on any atom is 0.305 e. The van der Waals surface area contributed by atoms with Crippen molar-refractivity contribution in [1.29, 1.82) is 0 Å². The molecule has 0 saturated heterocycles. The first-order chi connectivity index (χ1) is 23.7. The Morgan fingerprint density at radius 1 is 0.667 bits per heavy atom. The molecule has 0 radical (unpaired) electrons. The van der Waals surface area contributed by atoms with Crippen molar-refractivity contribution in [3.63, 3.8) is 0 Å². The molecule has 280 valence electrons. The van der Waals surface area contributed by atoms with Crippen LogP contribution in [0.1, 0.15) is 206 Å². The lowest BCUT2D eigenvalue weighted by Gasteiger charge is -2.12. The van der Waals surface area contributed by atoms with Gasteiger partial charge in [0.2, 0.25) is 5.84 Å². The number of amidine groups is 1. The molecule has 5 nitrogen and oxygen atoms in total. The largest absolute Gasteiger partial charge is 0.465 e. The first-order valence-corrected chi connectivity index (χ1v) is 21.2. The molecular weight excluding hydrogens is 592 g/mol. The number of carbonyl (C=O) groups is 1. The number of ether oxygens (including phenoxy) is 1. The number of aliphatic hydroxyl groups is 1. The Morgan fingerprint density at radius 3 is 1.58 bits per heavy atom. The van der Waals surface area contributed by atoms with Crippen molar-refractivity contribution in [2.45, 2.75) is 213 Å². The molecule has 0 saturated carbocycles. The quantitative estimate of drug-likeness (QED) is 0.0301. The summed E-state index contributed by atoms with van der Waals surface area (Å²) in [5.74, 6) is 1.21. The number of nitrogens with zero attached hydrogens (tertiary/aromatic N) is 1. The van der Waals surface area contributed by atoms with E-state index in [9.17, 15) is 9.90 Å². The van der Waals surface area contributed by atoms with Crippen molar-refractivity contribution in [1.82, 2.24) is 5.32 Å². The van der Waals surface area contributed by atoms with Gasteiger partial charge in [-0.1, -0.05) is 147 Å². The zero-order chi connectivity index (χ0) is 34.6. The van der Waals surface area contributed by atoms with Crippen LogP contribution in [0.2, 0.25) is 0 Å². The predicted molar refractivity (Wildman–Crippen MR) is 208 cm³/mol. The van der Waals surface area contributed by atoms with Crippen molar-refractivity contribution in [2.75, 3.05) is 26.3 Å². The monoisotopic (exact) mass is 674 g/mol. The number of aliphatic hydroxyl groups excluding tert-OH is 1. The summed E-state index contributed by atoms with van der Waals surface area (Å²) in [5.41, 5.74) is 0. The van der Waals surface area contributed by atoms with E-state index < -0.39 is 0 Å². The van der Waals surface area contributed by atoms with E-state index in [4.69, 9.17) is 4.74 Å². The molecule has 0 aromatic rings. The second-order valence-electron chi connectivity index (χ2n) is 14.4. The predicted octanol–water partition coefficient (Wildman–Crippen LogP) is 11.8. The summed E-state index contributed by atoms with van der Waals surface area (Å²) in [6.07, 6.45) is 46.9. The smallest absolute Gasteiger partial charge is 0.305 e. The Balaban J connectivity index is 2.02. The number of nitrogens with one attached hydrogen (secondary N) is 1. The molecule has 0 fully saturated rings. The number of hydrogen-bond acceptors (Lipinski definition) is 4. The molecule has 0 amide bonds. The van der Waals surface area contributed by atoms with Crippen molar-refractivity contribution in [2.24, 2.45) is 0 Å². The molecule has 0 aromatic carbocycles. The van der Waals surface area contributed by atoms with Crippen LogP contribution in [0.15, 0.2) is 24.3 Å². The Labute approximate surface area is 298 Å². The molecule has 1 rings (SSSR count). The molecule has 0 spiro atoms. The van der Waals surface area contributed by atoms with E-state index in [1.54, 1.807) is 0 Å². The van der Waals surface area contributed by atoms with Gasteiger partial charge in [0.1, 0.15) is 19.1 Å². The lowest BCUT2D eigenvalue weighted by Crippen LogP contribution is -2.30. The van der Waals surface area contributed by atoms with Gasteiger partial charge in [0.25, 0.3) is 0 Å². The number of β-amino-alcohol motifs (C(OH)–C–C–N with tert-alkyl or cyclic N) is 1. The van der Waals surface area contributed by atoms with Crippen molar-refractivity contribution < 1.29 is 19.2 Å². The van der Waals surface area contributed by atoms with Crippen LogP contribution in [0.5, 0.6) is 0 Å². The van der Waals surface area contributed by atoms with Crippen LogP contribution in [0.3, 0.4) is 0 Å². The highest BCUT2D eigenvalue weighted by Gasteiger charge is 2.30. The Morgan fingerprint density at radius 2 is 1.10 bits per heavy atom. The van der Waals surface area contributed by atoms with Gasteiger partial charge in [0.05, 0.1) is 13.2 Å². The second-order valence-corrected chi connectivity index (χ2v) is 14.4. The number of esters is 1. The highest BCUT2D eigenvalue weighted by molar-refractivity contribution is 5.78. The van der Waals surface area contributed by atoms with Crippen LogP contribution in [0.25, 0.3) is 0 Å². The van der Waals surface area contributed by atoms with E-state index in [0.717, 1.165) is 32.2 Å². The fourth-order valence-electron chi connectivity index (χ4n) is 6.84. The zero-order valence-electron chi connectivity index (χ0n) is 32.1. The molecule has 0 aliphatic carbocycles. The van der Waals surface area contributed by atoms with Crippen LogP contribution in [0, 0.1) is 0 Å². The van der Waals surface area contributed by atoms with E-state index >= 15 is 0 Å². The highest BCUT2D eigenvalue weighted by atomic mass is 16.5. The van der Waals surface area contributed by atoms with E-state index in [2.05, 4.69) is 48.0 Å². The minimum absolute atomic E-state index is 0.0549. The number of allylic oxidation sites excluding steroid dienone is 4. The number of hydrogen-bond donors (Lipinski definition) is 2. The number of unbranched alkanes of at least 4 members (excludes halogenated alkanes) is 23. The van der Waals surface area contributed by atoms with E-state index in [0.29, 0.717) is 25.6 Å². The van der Waals surface area contributed by atoms with Gasteiger partial charge in [-0.25, -0.2) is 0 Å². The van der Waals surface area contributed by atoms with Gasteiger partial charge in [0, 0.05) is 19.3 Å². The maximum absolute atomic E-state index is 12.3. The minimum atomic E-state index is -0.0549. The van der Waals surface area contributed by atoms with Gasteiger partial charge < -0.3 is 9.84 Å². The zero-order valence-corrected chi connectivity index (χ0v) is 32.1. The summed E-state index contributed by atoms with van der Waals surface area (Å²) in [6.45, 7) is 6.72. The summed E-state index contributed by atoms with van der Waals surface area (Å²) >= 11 is 0. The summed E-state index contributed by atoms with van der Waals surface area (Å²) in [4.78, 5) is 12.3. The third-order valence-electron chi connectivity index (χ3n) is 9.95. The average molecular weight is 674 g/mol. The first kappa shape index (κ1) is 44.4. The molecule has 1 aliphatic rings. The van der Waals surface area contributed by atoms with Crippen LogP contribution >= 0.6 is 0 Å². The SMILES string of the molecule is CCCCCCCC/C=C\CCCCCCCCC1=[N+](CCO)C(CCOC(=O)CCCCCCC/C=C\CCCCCCCC)CN1. The van der Waals surface area contributed by atoms with Crippen LogP contribution in [-0.4, -0.2) is 53.8 Å². The summed E-state index contributed by atoms with van der Waals surface area (Å²) in [7, 11) is 0. The van der Waals surface area contributed by atoms with E-state index in [1.165, 1.54) is 166 Å². The Kier molecular flexibility index (Phi) is 32.6. The fraction of sp³-hybridized carbons (Fsp3) is 0.860. The van der Waals surface area contributed by atoms with Crippen molar-refractivity contribution in [3.05, 3.63) is 24.3 Å². The van der Waals surface area contributed by atoms with Gasteiger partial charge in [-0.2, -0.15) is 0 Å². The van der Waals surface area contributed by atoms with Gasteiger partial charge in [-0.15, -0.1) is 0 Å². The van der Waals surface area contributed by atoms with Crippen molar-refractivity contribution in [3.8, 4) is 0 Å². The summed E-state index contributed by atoms with van der Waals surface area (Å²) in [5, 5.41) is 13.3.